The van der Waals surface area contributed by atoms with Crippen LogP contribution in [0.4, 0.5) is 0 Å². The Kier molecular flexibility index (Phi) is 5.00. The Morgan fingerprint density at radius 1 is 1.08 bits per heavy atom. The highest BCUT2D eigenvalue weighted by Crippen LogP contribution is 2.76. The van der Waals surface area contributed by atoms with Crippen LogP contribution >= 0.6 is 0 Å². The molecule has 5 heteroatoms. The molecule has 0 amide bonds. The van der Waals surface area contributed by atoms with Gasteiger partial charge < -0.3 is 14.2 Å². The van der Waals surface area contributed by atoms with Gasteiger partial charge in [-0.15, -0.1) is 0 Å². The van der Waals surface area contributed by atoms with Crippen molar-refractivity contribution in [1.29, 1.82) is 0 Å². The Bertz CT molecular complexity index is 1290. The predicted octanol–water partition coefficient (Wildman–Crippen LogP) is 5.12. The van der Waals surface area contributed by atoms with Gasteiger partial charge in [-0.3, -0.25) is 9.69 Å². The van der Waals surface area contributed by atoms with Gasteiger partial charge in [0.2, 0.25) is 0 Å². The maximum atomic E-state index is 14.2. The Balaban J connectivity index is 1.25. The largest absolute Gasteiger partial charge is 0.493 e. The monoisotopic (exact) mass is 513 g/mol. The highest BCUT2D eigenvalue weighted by Gasteiger charge is 2.81. The van der Waals surface area contributed by atoms with Crippen LogP contribution in [-0.4, -0.2) is 55.7 Å². The molecule has 38 heavy (non-hydrogen) atoms. The molecule has 4 bridgehead atoms. The molecule has 2 aliphatic heterocycles. The summed E-state index contributed by atoms with van der Waals surface area (Å²) in [6.07, 6.45) is 9.05. The van der Waals surface area contributed by atoms with Crippen molar-refractivity contribution in [3.05, 3.63) is 59.2 Å². The number of hydrogen-bond acceptors (Lipinski definition) is 5. The molecule has 0 radical (unpaired) electrons. The van der Waals surface area contributed by atoms with Gasteiger partial charge in [-0.05, 0) is 81.0 Å². The number of methoxy groups -OCH3 is 2. The van der Waals surface area contributed by atoms with Crippen molar-refractivity contribution in [2.75, 3.05) is 27.3 Å². The third-order valence-corrected chi connectivity index (χ3v) is 11.8. The Labute approximate surface area is 225 Å². The third-order valence-electron chi connectivity index (χ3n) is 11.8. The lowest BCUT2D eigenvalue weighted by Gasteiger charge is -2.73. The van der Waals surface area contributed by atoms with Gasteiger partial charge in [-0.1, -0.05) is 36.4 Å². The zero-order valence-corrected chi connectivity index (χ0v) is 22.7. The second-order valence-electron chi connectivity index (χ2n) is 13.0. The summed E-state index contributed by atoms with van der Waals surface area (Å²) >= 11 is 0. The first-order chi connectivity index (χ1) is 18.6. The molecule has 2 aromatic rings. The molecular formula is C33H39NO4. The Hall–Kier alpha value is -2.37. The second kappa shape index (κ2) is 8.08. The van der Waals surface area contributed by atoms with Crippen molar-refractivity contribution in [1.82, 2.24) is 4.90 Å². The van der Waals surface area contributed by atoms with Crippen LogP contribution in [-0.2, 0) is 27.8 Å². The number of benzene rings is 2. The minimum absolute atomic E-state index is 0.0444. The molecule has 1 saturated heterocycles. The molecule has 5 nitrogen and oxygen atoms in total. The lowest BCUT2D eigenvalue weighted by atomic mass is 9.34. The van der Waals surface area contributed by atoms with Crippen molar-refractivity contribution in [3.8, 4) is 11.5 Å². The minimum atomic E-state index is -0.586. The molecule has 0 aromatic heterocycles. The van der Waals surface area contributed by atoms with Gasteiger partial charge in [0.05, 0.1) is 13.0 Å². The van der Waals surface area contributed by atoms with Crippen LogP contribution < -0.4 is 9.47 Å². The third kappa shape index (κ3) is 2.82. The fourth-order valence-corrected chi connectivity index (χ4v) is 10.0. The molecule has 2 heterocycles. The molecule has 6 atom stereocenters. The summed E-state index contributed by atoms with van der Waals surface area (Å²) in [4.78, 5) is 17.0. The molecule has 7 aliphatic rings. The van der Waals surface area contributed by atoms with Crippen LogP contribution in [0.3, 0.4) is 0 Å². The Morgan fingerprint density at radius 3 is 2.68 bits per heavy atom. The van der Waals surface area contributed by atoms with Gasteiger partial charge >= 0.3 is 0 Å². The highest BCUT2D eigenvalue weighted by molar-refractivity contribution is 5.84. The number of hydrogen-bond donors (Lipinski definition) is 0. The summed E-state index contributed by atoms with van der Waals surface area (Å²) in [5.74, 6) is 2.85. The van der Waals surface area contributed by atoms with Crippen LogP contribution in [0.2, 0.25) is 0 Å². The van der Waals surface area contributed by atoms with E-state index in [1.54, 1.807) is 7.11 Å². The van der Waals surface area contributed by atoms with E-state index in [2.05, 4.69) is 41.3 Å². The molecule has 0 unspecified atom stereocenters. The summed E-state index contributed by atoms with van der Waals surface area (Å²) < 4.78 is 19.5. The Morgan fingerprint density at radius 2 is 1.92 bits per heavy atom. The summed E-state index contributed by atoms with van der Waals surface area (Å²) in [5.41, 5.74) is 3.43. The zero-order chi connectivity index (χ0) is 25.7. The van der Waals surface area contributed by atoms with Gasteiger partial charge in [0.25, 0.3) is 0 Å². The summed E-state index contributed by atoms with van der Waals surface area (Å²) in [7, 11) is 3.58. The van der Waals surface area contributed by atoms with Gasteiger partial charge in [-0.2, -0.15) is 0 Å². The fraction of sp³-hybridized carbons (Fsp3) is 0.606. The van der Waals surface area contributed by atoms with E-state index in [-0.39, 0.29) is 22.9 Å². The lowest BCUT2D eigenvalue weighted by molar-refractivity contribution is -0.272. The average Bonchev–Trinajstić information content (AvgIpc) is 3.70. The van der Waals surface area contributed by atoms with Gasteiger partial charge in [-0.25, -0.2) is 0 Å². The number of ketones is 1. The minimum Gasteiger partial charge on any atom is -0.493 e. The number of piperidine rings is 1. The summed E-state index contributed by atoms with van der Waals surface area (Å²) in [5, 5.41) is 0. The number of rotatable bonds is 8. The molecule has 4 saturated carbocycles. The molecule has 0 N–H and O–H groups in total. The van der Waals surface area contributed by atoms with Crippen molar-refractivity contribution < 1.29 is 19.0 Å². The highest BCUT2D eigenvalue weighted by atomic mass is 16.6. The number of likely N-dealkylation sites (tertiary alicyclic amines) is 1. The topological polar surface area (TPSA) is 48.0 Å². The summed E-state index contributed by atoms with van der Waals surface area (Å²) in [6, 6.07) is 15.3. The van der Waals surface area contributed by atoms with Crippen LogP contribution in [0, 0.1) is 17.3 Å². The van der Waals surface area contributed by atoms with E-state index >= 15 is 0 Å². The number of nitrogens with zero attached hydrogens (tertiary/aromatic N) is 1. The molecule has 9 rings (SSSR count). The van der Waals surface area contributed by atoms with E-state index in [1.165, 1.54) is 36.1 Å². The van der Waals surface area contributed by atoms with Crippen LogP contribution in [0.1, 0.15) is 61.6 Å². The number of carbonyl (C=O) groups is 1. The van der Waals surface area contributed by atoms with Crippen LogP contribution in [0.15, 0.2) is 42.5 Å². The molecule has 5 aliphatic carbocycles. The quantitative estimate of drug-likeness (QED) is 0.490. The molecule has 200 valence electrons. The van der Waals surface area contributed by atoms with E-state index in [0.29, 0.717) is 18.2 Å². The number of ether oxygens (including phenoxy) is 3. The lowest BCUT2D eigenvalue weighted by Crippen LogP contribution is -2.81. The van der Waals surface area contributed by atoms with Gasteiger partial charge in [0.15, 0.2) is 11.5 Å². The van der Waals surface area contributed by atoms with E-state index in [1.807, 2.05) is 13.2 Å². The first kappa shape index (κ1) is 23.5. The van der Waals surface area contributed by atoms with Gasteiger partial charge in [0, 0.05) is 42.5 Å². The first-order valence-electron chi connectivity index (χ1n) is 14.8. The SMILES string of the molecule is COc1ccc2c3c1O[C@H]1[C@@]4(OC)CC[C@@]5(C[C@@H]4C(=O)CCc4ccccc4)[C@@H](C2)N(CC2CC2)CC[C@]315. The van der Waals surface area contributed by atoms with Crippen molar-refractivity contribution in [2.45, 2.75) is 80.9 Å². The fourth-order valence-electron chi connectivity index (χ4n) is 10.0. The zero-order valence-electron chi connectivity index (χ0n) is 22.7. The first-order valence-corrected chi connectivity index (χ1v) is 14.8. The molecule has 2 spiro atoms. The number of fused-ring (bicyclic) bond motifs is 2. The van der Waals surface area contributed by atoms with Crippen molar-refractivity contribution >= 4 is 5.78 Å². The maximum absolute atomic E-state index is 14.2. The second-order valence-corrected chi connectivity index (χ2v) is 13.0. The number of Topliss-reactive ketones (excluding diaryl/α,β-unsaturated/α-hetero) is 1. The van der Waals surface area contributed by atoms with E-state index in [9.17, 15) is 4.79 Å². The number of aryl methyl sites for hydroxylation is 1. The number of carbonyl (C=O) groups excluding carboxylic acids is 1. The van der Waals surface area contributed by atoms with Crippen LogP contribution in [0.25, 0.3) is 0 Å². The smallest absolute Gasteiger partial charge is 0.165 e. The molecule has 2 aromatic carbocycles. The van der Waals surface area contributed by atoms with Crippen LogP contribution in [0.5, 0.6) is 11.5 Å². The molecule has 5 fully saturated rings. The predicted molar refractivity (Wildman–Crippen MR) is 145 cm³/mol. The van der Waals surface area contributed by atoms with E-state index < -0.39 is 5.60 Å². The average molecular weight is 514 g/mol. The van der Waals surface area contributed by atoms with Crippen molar-refractivity contribution in [2.24, 2.45) is 17.3 Å². The standard InChI is InChI=1S/C33H39NO4/c1-36-26-13-11-23-18-27-31-14-15-33(37-2,24(19-31)25(35)12-10-21-6-4-3-5-7-21)30-32(31,28(23)29(26)38-30)16-17-34(27)20-22-8-9-22/h3-7,11,13,22,24,27,30H,8-10,12,14-20H2,1-2H3/t24-,27-,30-,31-,32+,33-/m1/s1. The van der Waals surface area contributed by atoms with Gasteiger partial charge in [0.1, 0.15) is 17.5 Å². The maximum Gasteiger partial charge on any atom is 0.165 e. The normalized spacial score (nSPS) is 38.0. The van der Waals surface area contributed by atoms with E-state index in [0.717, 1.165) is 62.5 Å². The molecular weight excluding hydrogens is 474 g/mol. The van der Waals surface area contributed by atoms with E-state index in [4.69, 9.17) is 14.2 Å². The van der Waals surface area contributed by atoms with Crippen molar-refractivity contribution in [3.63, 3.8) is 0 Å². The summed E-state index contributed by atoms with van der Waals surface area (Å²) in [6.45, 7) is 2.33.